The lowest BCUT2D eigenvalue weighted by molar-refractivity contribution is 0.559. The van der Waals surface area contributed by atoms with Crippen LogP contribution in [-0.2, 0) is 16.2 Å². The highest BCUT2D eigenvalue weighted by molar-refractivity contribution is 6.14. The van der Waals surface area contributed by atoms with Crippen molar-refractivity contribution >= 4 is 60.9 Å². The average molecular weight is 654 g/mol. The van der Waals surface area contributed by atoms with E-state index in [0.717, 1.165) is 55.6 Å². The van der Waals surface area contributed by atoms with E-state index >= 15 is 0 Å². The Hall–Kier alpha value is -5.28. The summed E-state index contributed by atoms with van der Waals surface area (Å²) < 4.78 is 13.3. The van der Waals surface area contributed by atoms with Crippen LogP contribution in [0.5, 0.6) is 0 Å². The minimum absolute atomic E-state index is 0.0155. The molecule has 2 heterocycles. The number of furan rings is 2. The summed E-state index contributed by atoms with van der Waals surface area (Å²) in [7, 11) is 0. The standard InChI is InChI=1S/C47H43NO2/c1-45(2,3)28-24-35-33-23-21-30(27-42(33)50-44(35)38(25-28)46(4,5)6)48(39-17-13-19-41-43(39)34-15-10-12-18-40(34)49-41)29-20-22-32-31-14-9-11-16-36(31)47(7,8)37(32)26-29/h9-27H,1-8H3. The van der Waals surface area contributed by atoms with Gasteiger partial charge in [0.2, 0.25) is 0 Å². The van der Waals surface area contributed by atoms with Gasteiger partial charge < -0.3 is 13.7 Å². The number of rotatable bonds is 3. The summed E-state index contributed by atoms with van der Waals surface area (Å²) in [5.74, 6) is 0. The average Bonchev–Trinajstić information content (AvgIpc) is 3.72. The van der Waals surface area contributed by atoms with E-state index in [4.69, 9.17) is 8.83 Å². The highest BCUT2D eigenvalue weighted by Gasteiger charge is 2.36. The van der Waals surface area contributed by atoms with Crippen LogP contribution in [0.15, 0.2) is 124 Å². The number of nitrogens with zero attached hydrogens (tertiary/aromatic N) is 1. The smallest absolute Gasteiger partial charge is 0.139 e. The molecule has 0 fully saturated rings. The Bertz CT molecular complexity index is 2650. The van der Waals surface area contributed by atoms with Crippen molar-refractivity contribution < 1.29 is 8.83 Å². The molecule has 0 bridgehead atoms. The number of anilines is 3. The Morgan fingerprint density at radius 3 is 2.02 bits per heavy atom. The van der Waals surface area contributed by atoms with Gasteiger partial charge in [-0.25, -0.2) is 0 Å². The number of para-hydroxylation sites is 1. The molecule has 0 spiro atoms. The van der Waals surface area contributed by atoms with Gasteiger partial charge in [-0.3, -0.25) is 0 Å². The van der Waals surface area contributed by atoms with Gasteiger partial charge in [-0.2, -0.15) is 0 Å². The molecule has 0 saturated carbocycles. The Morgan fingerprint density at radius 2 is 1.22 bits per heavy atom. The van der Waals surface area contributed by atoms with Crippen LogP contribution >= 0.6 is 0 Å². The minimum Gasteiger partial charge on any atom is -0.456 e. The quantitative estimate of drug-likeness (QED) is 0.190. The van der Waals surface area contributed by atoms with E-state index in [2.05, 4.69) is 169 Å². The van der Waals surface area contributed by atoms with E-state index in [1.807, 2.05) is 6.07 Å². The third kappa shape index (κ3) is 4.49. The van der Waals surface area contributed by atoms with Crippen molar-refractivity contribution in [1.29, 1.82) is 0 Å². The molecule has 8 aromatic rings. The SMILES string of the molecule is CC(C)(C)c1cc(C(C)(C)C)c2oc3cc(N(c4ccc5c(c4)C(C)(C)c4ccccc4-5)c4cccc5oc6ccccc6c45)ccc3c2c1. The monoisotopic (exact) mass is 653 g/mol. The molecule has 50 heavy (non-hydrogen) atoms. The van der Waals surface area contributed by atoms with Crippen molar-refractivity contribution in [3.8, 4) is 11.1 Å². The molecule has 2 aromatic heterocycles. The molecule has 0 saturated heterocycles. The van der Waals surface area contributed by atoms with Crippen LogP contribution in [0.3, 0.4) is 0 Å². The molecule has 3 nitrogen and oxygen atoms in total. The minimum atomic E-state index is -0.126. The second-order valence-corrected chi connectivity index (χ2v) is 16.7. The molecule has 3 heteroatoms. The van der Waals surface area contributed by atoms with E-state index in [0.29, 0.717) is 0 Å². The fraction of sp³-hybridized carbons (Fsp3) is 0.234. The predicted molar refractivity (Wildman–Crippen MR) is 211 cm³/mol. The number of hydrogen-bond acceptors (Lipinski definition) is 3. The molecule has 0 radical (unpaired) electrons. The lowest BCUT2D eigenvalue weighted by atomic mass is 9.79. The van der Waals surface area contributed by atoms with E-state index in [-0.39, 0.29) is 16.2 Å². The van der Waals surface area contributed by atoms with E-state index < -0.39 is 0 Å². The largest absolute Gasteiger partial charge is 0.456 e. The molecule has 0 N–H and O–H groups in total. The molecular weight excluding hydrogens is 611 g/mol. The van der Waals surface area contributed by atoms with Gasteiger partial charge in [0.1, 0.15) is 22.3 Å². The molecule has 1 aliphatic carbocycles. The summed E-state index contributed by atoms with van der Waals surface area (Å²) in [6, 6.07) is 42.0. The second kappa shape index (κ2) is 10.4. The van der Waals surface area contributed by atoms with Gasteiger partial charge in [0.15, 0.2) is 0 Å². The Balaban J connectivity index is 1.32. The van der Waals surface area contributed by atoms with Crippen LogP contribution in [0, 0.1) is 0 Å². The van der Waals surface area contributed by atoms with Crippen LogP contribution in [0.4, 0.5) is 17.1 Å². The third-order valence-corrected chi connectivity index (χ3v) is 10.9. The number of fused-ring (bicyclic) bond motifs is 9. The van der Waals surface area contributed by atoms with Gasteiger partial charge in [0.05, 0.1) is 11.1 Å². The number of hydrogen-bond donors (Lipinski definition) is 0. The highest BCUT2D eigenvalue weighted by Crippen LogP contribution is 2.52. The first-order chi connectivity index (χ1) is 23.8. The molecule has 6 aromatic carbocycles. The van der Waals surface area contributed by atoms with Gasteiger partial charge in [-0.15, -0.1) is 0 Å². The summed E-state index contributed by atoms with van der Waals surface area (Å²) >= 11 is 0. The van der Waals surface area contributed by atoms with Crippen LogP contribution < -0.4 is 4.90 Å². The lowest BCUT2D eigenvalue weighted by Crippen LogP contribution is -2.16. The van der Waals surface area contributed by atoms with Crippen molar-refractivity contribution in [2.75, 3.05) is 4.90 Å². The predicted octanol–water partition coefficient (Wildman–Crippen LogP) is 13.9. The summed E-state index contributed by atoms with van der Waals surface area (Å²) in [6.07, 6.45) is 0. The molecule has 1 aliphatic rings. The van der Waals surface area contributed by atoms with Gasteiger partial charge in [0.25, 0.3) is 0 Å². The van der Waals surface area contributed by atoms with Crippen molar-refractivity contribution in [2.24, 2.45) is 0 Å². The zero-order valence-corrected chi connectivity index (χ0v) is 30.2. The summed E-state index contributed by atoms with van der Waals surface area (Å²) in [5.41, 5.74) is 14.5. The zero-order valence-electron chi connectivity index (χ0n) is 30.2. The van der Waals surface area contributed by atoms with Gasteiger partial charge in [-0.1, -0.05) is 116 Å². The van der Waals surface area contributed by atoms with E-state index in [1.54, 1.807) is 0 Å². The highest BCUT2D eigenvalue weighted by atomic mass is 16.3. The first-order valence-corrected chi connectivity index (χ1v) is 17.8. The van der Waals surface area contributed by atoms with Crippen molar-refractivity contribution in [1.82, 2.24) is 0 Å². The van der Waals surface area contributed by atoms with Crippen molar-refractivity contribution in [3.05, 3.63) is 138 Å². The summed E-state index contributed by atoms with van der Waals surface area (Å²) in [5, 5.41) is 4.51. The van der Waals surface area contributed by atoms with Crippen LogP contribution in [0.1, 0.15) is 77.6 Å². The van der Waals surface area contributed by atoms with Crippen molar-refractivity contribution in [2.45, 2.75) is 71.6 Å². The lowest BCUT2D eigenvalue weighted by Gasteiger charge is -2.28. The maximum Gasteiger partial charge on any atom is 0.139 e. The first kappa shape index (κ1) is 30.8. The van der Waals surface area contributed by atoms with Gasteiger partial charge >= 0.3 is 0 Å². The third-order valence-electron chi connectivity index (χ3n) is 10.9. The molecular formula is C47H43NO2. The molecule has 0 amide bonds. The molecule has 0 aliphatic heterocycles. The first-order valence-electron chi connectivity index (χ1n) is 17.8. The fourth-order valence-electron chi connectivity index (χ4n) is 8.20. The maximum atomic E-state index is 6.89. The maximum absolute atomic E-state index is 6.89. The second-order valence-electron chi connectivity index (χ2n) is 16.7. The topological polar surface area (TPSA) is 29.5 Å². The van der Waals surface area contributed by atoms with Crippen LogP contribution in [-0.4, -0.2) is 0 Å². The molecule has 0 unspecified atom stereocenters. The van der Waals surface area contributed by atoms with Gasteiger partial charge in [0, 0.05) is 44.6 Å². The van der Waals surface area contributed by atoms with Crippen LogP contribution in [0.25, 0.3) is 55.0 Å². The fourth-order valence-corrected chi connectivity index (χ4v) is 8.20. The summed E-state index contributed by atoms with van der Waals surface area (Å²) in [4.78, 5) is 2.39. The van der Waals surface area contributed by atoms with Crippen LogP contribution in [0.2, 0.25) is 0 Å². The Kier molecular flexibility index (Phi) is 6.38. The normalized spacial score (nSPS) is 14.2. The van der Waals surface area contributed by atoms with Gasteiger partial charge in [-0.05, 0) is 87.2 Å². The zero-order chi connectivity index (χ0) is 34.7. The number of benzene rings is 6. The van der Waals surface area contributed by atoms with Crippen molar-refractivity contribution in [3.63, 3.8) is 0 Å². The van der Waals surface area contributed by atoms with E-state index in [1.165, 1.54) is 38.8 Å². The Labute approximate surface area is 294 Å². The van der Waals surface area contributed by atoms with E-state index in [9.17, 15) is 0 Å². The molecule has 248 valence electrons. The summed E-state index contributed by atoms with van der Waals surface area (Å²) in [6.45, 7) is 18.4. The molecule has 0 atom stereocenters. The Morgan fingerprint density at radius 1 is 0.520 bits per heavy atom. The molecule has 9 rings (SSSR count).